The van der Waals surface area contributed by atoms with E-state index in [-0.39, 0.29) is 11.8 Å². The van der Waals surface area contributed by atoms with E-state index in [2.05, 4.69) is 9.97 Å². The zero-order chi connectivity index (χ0) is 14.1. The van der Waals surface area contributed by atoms with Crippen molar-refractivity contribution in [2.75, 3.05) is 13.1 Å². The van der Waals surface area contributed by atoms with Gasteiger partial charge in [-0.3, -0.25) is 14.8 Å². The molecule has 2 aromatic rings. The average Bonchev–Trinajstić information content (AvgIpc) is 2.49. The van der Waals surface area contributed by atoms with E-state index in [9.17, 15) is 9.90 Å². The molecule has 1 aromatic carbocycles. The topological polar surface area (TPSA) is 66.3 Å². The van der Waals surface area contributed by atoms with Crippen molar-refractivity contribution in [2.45, 2.75) is 19.4 Å². The molecular weight excluding hydrogens is 254 g/mol. The molecule has 0 aliphatic carbocycles. The first-order chi connectivity index (χ1) is 9.66. The molecule has 20 heavy (non-hydrogen) atoms. The Bertz CT molecular complexity index is 639. The Morgan fingerprint density at radius 2 is 2.15 bits per heavy atom. The van der Waals surface area contributed by atoms with Gasteiger partial charge in [-0.15, -0.1) is 0 Å². The Morgan fingerprint density at radius 3 is 2.95 bits per heavy atom. The van der Waals surface area contributed by atoms with Crippen LogP contribution in [0.2, 0.25) is 0 Å². The number of carbonyl (C=O) groups is 1. The molecule has 1 fully saturated rings. The highest BCUT2D eigenvalue weighted by Crippen LogP contribution is 2.21. The predicted octanol–water partition coefficient (Wildman–Crippen LogP) is 1.47. The molecule has 1 amide bonds. The van der Waals surface area contributed by atoms with Crippen LogP contribution in [0.15, 0.2) is 30.6 Å². The maximum absolute atomic E-state index is 12.6. The first-order valence-electron chi connectivity index (χ1n) is 6.84. The monoisotopic (exact) mass is 271 g/mol. The van der Waals surface area contributed by atoms with Gasteiger partial charge in [-0.1, -0.05) is 13.0 Å². The highest BCUT2D eigenvalue weighted by molar-refractivity contribution is 6.04. The lowest BCUT2D eigenvalue weighted by Gasteiger charge is -2.34. The minimum Gasteiger partial charge on any atom is -0.391 e. The summed E-state index contributed by atoms with van der Waals surface area (Å²) in [5, 5.41) is 9.94. The SMILES string of the molecule is CC1CCN(C(=O)c2cccc3nccnc23)CC1O. The highest BCUT2D eigenvalue weighted by Gasteiger charge is 2.28. The third-order valence-corrected chi connectivity index (χ3v) is 3.93. The molecule has 5 nitrogen and oxygen atoms in total. The lowest BCUT2D eigenvalue weighted by Crippen LogP contribution is -2.45. The standard InChI is InChI=1S/C15H17N3O2/c1-10-5-8-18(9-13(10)19)15(20)11-3-2-4-12-14(11)17-7-6-16-12/h2-4,6-7,10,13,19H,5,8-9H2,1H3. The van der Waals surface area contributed by atoms with E-state index in [1.807, 2.05) is 19.1 Å². The molecule has 1 N–H and O–H groups in total. The molecule has 3 rings (SSSR count). The number of carbonyl (C=O) groups excluding carboxylic acids is 1. The van der Waals surface area contributed by atoms with Crippen LogP contribution in [0.1, 0.15) is 23.7 Å². The lowest BCUT2D eigenvalue weighted by atomic mass is 9.95. The van der Waals surface area contributed by atoms with Crippen molar-refractivity contribution < 1.29 is 9.90 Å². The number of piperidine rings is 1. The van der Waals surface area contributed by atoms with E-state index in [1.165, 1.54) is 0 Å². The summed E-state index contributed by atoms with van der Waals surface area (Å²) in [4.78, 5) is 22.8. The van der Waals surface area contributed by atoms with Crippen LogP contribution in [0.3, 0.4) is 0 Å². The van der Waals surface area contributed by atoms with E-state index in [4.69, 9.17) is 0 Å². The molecule has 1 aliphatic rings. The molecule has 2 heterocycles. The first-order valence-corrected chi connectivity index (χ1v) is 6.84. The summed E-state index contributed by atoms with van der Waals surface area (Å²) >= 11 is 0. The normalized spacial score (nSPS) is 23.0. The first kappa shape index (κ1) is 13.0. The number of aromatic nitrogens is 2. The zero-order valence-corrected chi connectivity index (χ0v) is 11.4. The van der Waals surface area contributed by atoms with Crippen molar-refractivity contribution in [3.63, 3.8) is 0 Å². The minimum absolute atomic E-state index is 0.0814. The second kappa shape index (κ2) is 5.17. The molecule has 1 aliphatic heterocycles. The summed E-state index contributed by atoms with van der Waals surface area (Å²) < 4.78 is 0. The van der Waals surface area contributed by atoms with Crippen LogP contribution in [-0.2, 0) is 0 Å². The number of nitrogens with zero attached hydrogens (tertiary/aromatic N) is 3. The maximum atomic E-state index is 12.6. The number of para-hydroxylation sites is 1. The molecule has 2 atom stereocenters. The summed E-state index contributed by atoms with van der Waals surface area (Å²) in [6, 6.07) is 5.42. The number of amides is 1. The highest BCUT2D eigenvalue weighted by atomic mass is 16.3. The molecular formula is C15H17N3O2. The molecule has 1 aromatic heterocycles. The second-order valence-electron chi connectivity index (χ2n) is 5.31. The van der Waals surface area contributed by atoms with Gasteiger partial charge in [0.2, 0.25) is 0 Å². The summed E-state index contributed by atoms with van der Waals surface area (Å²) in [6.07, 6.45) is 3.58. The van der Waals surface area contributed by atoms with Gasteiger partial charge >= 0.3 is 0 Å². The van der Waals surface area contributed by atoms with Gasteiger partial charge in [0, 0.05) is 25.5 Å². The Kier molecular flexibility index (Phi) is 3.36. The Hall–Kier alpha value is -2.01. The number of hydrogen-bond donors (Lipinski definition) is 1. The van der Waals surface area contributed by atoms with Crippen molar-refractivity contribution >= 4 is 16.9 Å². The van der Waals surface area contributed by atoms with Gasteiger partial charge in [-0.2, -0.15) is 0 Å². The molecule has 0 bridgehead atoms. The van der Waals surface area contributed by atoms with Gasteiger partial charge in [-0.25, -0.2) is 0 Å². The van der Waals surface area contributed by atoms with Gasteiger partial charge in [0.25, 0.3) is 5.91 Å². The van der Waals surface area contributed by atoms with Crippen molar-refractivity contribution in [3.05, 3.63) is 36.2 Å². The maximum Gasteiger partial charge on any atom is 0.256 e. The van der Waals surface area contributed by atoms with Crippen LogP contribution >= 0.6 is 0 Å². The van der Waals surface area contributed by atoms with E-state index in [0.717, 1.165) is 6.42 Å². The fraction of sp³-hybridized carbons (Fsp3) is 0.400. The number of aliphatic hydroxyl groups is 1. The summed E-state index contributed by atoms with van der Waals surface area (Å²) in [5.74, 6) is 0.161. The van der Waals surface area contributed by atoms with Crippen molar-refractivity contribution in [1.29, 1.82) is 0 Å². The number of aliphatic hydroxyl groups excluding tert-OH is 1. The zero-order valence-electron chi connectivity index (χ0n) is 11.4. The van der Waals surface area contributed by atoms with Gasteiger partial charge < -0.3 is 10.0 Å². The molecule has 104 valence electrons. The quantitative estimate of drug-likeness (QED) is 0.853. The van der Waals surface area contributed by atoms with E-state index < -0.39 is 6.10 Å². The number of rotatable bonds is 1. The fourth-order valence-electron chi connectivity index (χ4n) is 2.57. The Balaban J connectivity index is 1.93. The largest absolute Gasteiger partial charge is 0.391 e. The van der Waals surface area contributed by atoms with Crippen molar-refractivity contribution in [2.24, 2.45) is 5.92 Å². The van der Waals surface area contributed by atoms with E-state index in [1.54, 1.807) is 23.4 Å². The van der Waals surface area contributed by atoms with Crippen LogP contribution in [0.4, 0.5) is 0 Å². The minimum atomic E-state index is -0.450. The van der Waals surface area contributed by atoms with E-state index >= 15 is 0 Å². The number of benzene rings is 1. The summed E-state index contributed by atoms with van der Waals surface area (Å²) in [7, 11) is 0. The average molecular weight is 271 g/mol. The lowest BCUT2D eigenvalue weighted by molar-refractivity contribution is 0.0249. The number of likely N-dealkylation sites (tertiary alicyclic amines) is 1. The van der Waals surface area contributed by atoms with Crippen molar-refractivity contribution in [3.8, 4) is 0 Å². The third-order valence-electron chi connectivity index (χ3n) is 3.93. The molecule has 1 saturated heterocycles. The summed E-state index contributed by atoms with van der Waals surface area (Å²) in [6.45, 7) is 3.07. The van der Waals surface area contributed by atoms with Crippen molar-refractivity contribution in [1.82, 2.24) is 14.9 Å². The molecule has 5 heteroatoms. The molecule has 0 spiro atoms. The van der Waals surface area contributed by atoms with Gasteiger partial charge in [0.15, 0.2) is 0 Å². The van der Waals surface area contributed by atoms with Crippen LogP contribution in [0, 0.1) is 5.92 Å². The number of hydrogen-bond acceptors (Lipinski definition) is 4. The van der Waals surface area contributed by atoms with Crippen LogP contribution in [-0.4, -0.2) is 45.1 Å². The van der Waals surface area contributed by atoms with Crippen LogP contribution < -0.4 is 0 Å². The molecule has 2 unspecified atom stereocenters. The van der Waals surface area contributed by atoms with Gasteiger partial charge in [-0.05, 0) is 24.5 Å². The fourth-order valence-corrected chi connectivity index (χ4v) is 2.57. The molecule has 0 saturated carbocycles. The Morgan fingerprint density at radius 1 is 1.35 bits per heavy atom. The van der Waals surface area contributed by atoms with Gasteiger partial charge in [0.05, 0.1) is 17.2 Å². The second-order valence-corrected chi connectivity index (χ2v) is 5.31. The van der Waals surface area contributed by atoms with E-state index in [0.29, 0.717) is 29.7 Å². The number of fused-ring (bicyclic) bond motifs is 1. The smallest absolute Gasteiger partial charge is 0.256 e. The molecule has 0 radical (unpaired) electrons. The predicted molar refractivity (Wildman–Crippen MR) is 75.2 cm³/mol. The summed E-state index contributed by atoms with van der Waals surface area (Å²) in [5.41, 5.74) is 1.88. The van der Waals surface area contributed by atoms with Crippen LogP contribution in [0.25, 0.3) is 11.0 Å². The van der Waals surface area contributed by atoms with Crippen LogP contribution in [0.5, 0.6) is 0 Å². The third kappa shape index (κ3) is 2.25. The number of β-amino-alcohol motifs (C(OH)–C–C–N with tert-alkyl or cyclic N) is 1. The van der Waals surface area contributed by atoms with Gasteiger partial charge in [0.1, 0.15) is 5.52 Å². The Labute approximate surface area is 117 Å².